The van der Waals surface area contributed by atoms with E-state index in [0.29, 0.717) is 5.76 Å². The van der Waals surface area contributed by atoms with Crippen molar-refractivity contribution in [2.75, 3.05) is 13.7 Å². The van der Waals surface area contributed by atoms with Crippen LogP contribution in [0, 0.1) is 0 Å². The van der Waals surface area contributed by atoms with Gasteiger partial charge >= 0.3 is 5.97 Å². The summed E-state index contributed by atoms with van der Waals surface area (Å²) in [5, 5.41) is 13.1. The van der Waals surface area contributed by atoms with E-state index < -0.39 is 17.9 Å². The van der Waals surface area contributed by atoms with E-state index in [1.807, 2.05) is 30.3 Å². The van der Waals surface area contributed by atoms with Crippen molar-refractivity contribution in [2.24, 2.45) is 0 Å². The zero-order valence-electron chi connectivity index (χ0n) is 12.5. The van der Waals surface area contributed by atoms with E-state index in [2.05, 4.69) is 5.16 Å². The molecule has 0 radical (unpaired) electrons. The molecule has 1 aliphatic heterocycles. The van der Waals surface area contributed by atoms with Crippen LogP contribution < -0.4 is 0 Å². The van der Waals surface area contributed by atoms with E-state index in [4.69, 9.17) is 9.26 Å². The Balaban J connectivity index is 1.83. The van der Waals surface area contributed by atoms with Crippen LogP contribution >= 0.6 is 0 Å². The average molecular weight is 316 g/mol. The molecular formula is C16H16N2O5. The molecule has 0 bridgehead atoms. The maximum absolute atomic E-state index is 12.6. The predicted octanol–water partition coefficient (Wildman–Crippen LogP) is 1.66. The standard InChI is InChI=1S/C16H16N2O5/c1-22-11-7-13(16(20)21)18(9-11)15(19)12-8-14(23-17-12)10-5-3-2-4-6-10/h2-6,8,11,13H,7,9H2,1H3,(H,20,21). The van der Waals surface area contributed by atoms with Crippen molar-refractivity contribution in [1.82, 2.24) is 10.1 Å². The molecule has 3 rings (SSSR count). The van der Waals surface area contributed by atoms with Crippen LogP contribution in [0.1, 0.15) is 16.9 Å². The Morgan fingerprint density at radius 1 is 1.35 bits per heavy atom. The monoisotopic (exact) mass is 316 g/mol. The molecule has 1 amide bonds. The summed E-state index contributed by atoms with van der Waals surface area (Å²) in [4.78, 5) is 25.2. The highest BCUT2D eigenvalue weighted by atomic mass is 16.5. The molecule has 2 aromatic rings. The van der Waals surface area contributed by atoms with Crippen LogP contribution in [0.5, 0.6) is 0 Å². The maximum atomic E-state index is 12.6. The topological polar surface area (TPSA) is 92.9 Å². The lowest BCUT2D eigenvalue weighted by Gasteiger charge is -2.19. The fraction of sp³-hybridized carbons (Fsp3) is 0.312. The second-order valence-electron chi connectivity index (χ2n) is 5.35. The number of amides is 1. The third-order valence-corrected chi connectivity index (χ3v) is 3.93. The summed E-state index contributed by atoms with van der Waals surface area (Å²) in [6, 6.07) is 9.86. The first kappa shape index (κ1) is 15.2. The van der Waals surface area contributed by atoms with Gasteiger partial charge in [0.15, 0.2) is 11.5 Å². The van der Waals surface area contributed by atoms with Gasteiger partial charge in [-0.3, -0.25) is 4.79 Å². The van der Waals surface area contributed by atoms with Crippen molar-refractivity contribution in [3.05, 3.63) is 42.1 Å². The number of carbonyl (C=O) groups is 2. The number of methoxy groups -OCH3 is 1. The van der Waals surface area contributed by atoms with Gasteiger partial charge in [-0.25, -0.2) is 4.79 Å². The van der Waals surface area contributed by atoms with Crippen LogP contribution in [0.4, 0.5) is 0 Å². The highest BCUT2D eigenvalue weighted by molar-refractivity contribution is 5.96. The fourth-order valence-electron chi connectivity index (χ4n) is 2.69. The van der Waals surface area contributed by atoms with E-state index in [1.54, 1.807) is 0 Å². The molecule has 1 saturated heterocycles. The maximum Gasteiger partial charge on any atom is 0.326 e. The molecule has 1 aromatic heterocycles. The normalized spacial score (nSPS) is 20.7. The summed E-state index contributed by atoms with van der Waals surface area (Å²) in [5.74, 6) is -1.06. The molecule has 1 fully saturated rings. The number of aromatic nitrogens is 1. The molecule has 23 heavy (non-hydrogen) atoms. The molecule has 7 nitrogen and oxygen atoms in total. The first-order valence-electron chi connectivity index (χ1n) is 7.19. The van der Waals surface area contributed by atoms with E-state index in [-0.39, 0.29) is 24.8 Å². The van der Waals surface area contributed by atoms with Gasteiger partial charge in [0.05, 0.1) is 6.10 Å². The third-order valence-electron chi connectivity index (χ3n) is 3.93. The highest BCUT2D eigenvalue weighted by Crippen LogP contribution is 2.25. The summed E-state index contributed by atoms with van der Waals surface area (Å²) in [5.41, 5.74) is 0.886. The first-order valence-corrected chi connectivity index (χ1v) is 7.19. The highest BCUT2D eigenvalue weighted by Gasteiger charge is 2.41. The number of likely N-dealkylation sites (tertiary alicyclic amines) is 1. The minimum atomic E-state index is -1.05. The lowest BCUT2D eigenvalue weighted by Crippen LogP contribution is -2.40. The summed E-state index contributed by atoms with van der Waals surface area (Å²) in [6.45, 7) is 0.222. The Bertz CT molecular complexity index is 712. The van der Waals surface area contributed by atoms with E-state index >= 15 is 0 Å². The van der Waals surface area contributed by atoms with Gasteiger partial charge in [0.1, 0.15) is 6.04 Å². The van der Waals surface area contributed by atoms with E-state index in [0.717, 1.165) is 5.56 Å². The zero-order valence-corrected chi connectivity index (χ0v) is 12.5. The molecular weight excluding hydrogens is 300 g/mol. The van der Waals surface area contributed by atoms with Crippen LogP contribution in [0.25, 0.3) is 11.3 Å². The molecule has 0 saturated carbocycles. The molecule has 2 heterocycles. The minimum Gasteiger partial charge on any atom is -0.480 e. The third kappa shape index (κ3) is 2.95. The fourth-order valence-corrected chi connectivity index (χ4v) is 2.69. The molecule has 2 atom stereocenters. The molecule has 2 unspecified atom stereocenters. The van der Waals surface area contributed by atoms with Crippen molar-refractivity contribution in [3.8, 4) is 11.3 Å². The number of carboxylic acid groups (broad SMARTS) is 1. The van der Waals surface area contributed by atoms with E-state index in [1.165, 1.54) is 18.1 Å². The molecule has 1 N–H and O–H groups in total. The zero-order chi connectivity index (χ0) is 16.4. The molecule has 7 heteroatoms. The quantitative estimate of drug-likeness (QED) is 0.922. The van der Waals surface area contributed by atoms with Crippen LogP contribution in [-0.2, 0) is 9.53 Å². The number of nitrogens with zero attached hydrogens (tertiary/aromatic N) is 2. The number of hydrogen-bond donors (Lipinski definition) is 1. The van der Waals surface area contributed by atoms with Gasteiger partial charge < -0.3 is 19.3 Å². The Morgan fingerprint density at radius 3 is 2.74 bits per heavy atom. The van der Waals surface area contributed by atoms with Crippen molar-refractivity contribution >= 4 is 11.9 Å². The number of aliphatic carboxylic acids is 1. The first-order chi connectivity index (χ1) is 11.1. The molecule has 0 aliphatic carbocycles. The molecule has 120 valence electrons. The molecule has 0 spiro atoms. The Hall–Kier alpha value is -2.67. The molecule has 1 aromatic carbocycles. The summed E-state index contributed by atoms with van der Waals surface area (Å²) >= 11 is 0. The number of benzene rings is 1. The van der Waals surface area contributed by atoms with Gasteiger partial charge in [-0.05, 0) is 0 Å². The van der Waals surface area contributed by atoms with Crippen LogP contribution in [-0.4, -0.2) is 52.8 Å². The van der Waals surface area contributed by atoms with Gasteiger partial charge in [-0.1, -0.05) is 35.5 Å². The predicted molar refractivity (Wildman–Crippen MR) is 79.8 cm³/mol. The van der Waals surface area contributed by atoms with Gasteiger partial charge in [0.2, 0.25) is 0 Å². The smallest absolute Gasteiger partial charge is 0.326 e. The van der Waals surface area contributed by atoms with Crippen molar-refractivity contribution in [2.45, 2.75) is 18.6 Å². The lowest BCUT2D eigenvalue weighted by molar-refractivity contribution is -0.141. The number of carbonyl (C=O) groups excluding carboxylic acids is 1. The van der Waals surface area contributed by atoms with E-state index in [9.17, 15) is 14.7 Å². The lowest BCUT2D eigenvalue weighted by atomic mass is 10.1. The van der Waals surface area contributed by atoms with Gasteiger partial charge in [-0.15, -0.1) is 0 Å². The Labute approximate surface area is 132 Å². The van der Waals surface area contributed by atoms with Crippen LogP contribution in [0.15, 0.2) is 40.9 Å². The van der Waals surface area contributed by atoms with Gasteiger partial charge in [0.25, 0.3) is 5.91 Å². The number of carboxylic acids is 1. The van der Waals surface area contributed by atoms with Crippen molar-refractivity contribution < 1.29 is 24.0 Å². The SMILES string of the molecule is COC1CC(C(=O)O)N(C(=O)c2cc(-c3ccccc3)on2)C1. The van der Waals surface area contributed by atoms with Crippen LogP contribution in [0.3, 0.4) is 0 Å². The molecule has 1 aliphatic rings. The summed E-state index contributed by atoms with van der Waals surface area (Å²) in [6.07, 6.45) is -0.0263. The largest absolute Gasteiger partial charge is 0.480 e. The van der Waals surface area contributed by atoms with Gasteiger partial charge in [-0.2, -0.15) is 0 Å². The Kier molecular flexibility index (Phi) is 4.12. The second kappa shape index (κ2) is 6.21. The average Bonchev–Trinajstić information content (AvgIpc) is 3.22. The minimum absolute atomic E-state index is 0.0897. The second-order valence-corrected chi connectivity index (χ2v) is 5.35. The summed E-state index contributed by atoms with van der Waals surface area (Å²) in [7, 11) is 1.50. The Morgan fingerprint density at radius 2 is 2.09 bits per heavy atom. The van der Waals surface area contributed by atoms with Crippen molar-refractivity contribution in [1.29, 1.82) is 0 Å². The number of hydrogen-bond acceptors (Lipinski definition) is 5. The summed E-state index contributed by atoms with van der Waals surface area (Å²) < 4.78 is 10.4. The number of rotatable bonds is 4. The number of ether oxygens (including phenoxy) is 1. The van der Waals surface area contributed by atoms with Crippen LogP contribution in [0.2, 0.25) is 0 Å². The van der Waals surface area contributed by atoms with Crippen molar-refractivity contribution in [3.63, 3.8) is 0 Å². The van der Waals surface area contributed by atoms with Gasteiger partial charge in [0, 0.05) is 31.7 Å².